The van der Waals surface area contributed by atoms with Crippen LogP contribution < -0.4 is 10.6 Å². The first kappa shape index (κ1) is 13.5. The van der Waals surface area contributed by atoms with Crippen LogP contribution in [0.1, 0.15) is 6.42 Å². The van der Waals surface area contributed by atoms with Gasteiger partial charge in [-0.25, -0.2) is 0 Å². The van der Waals surface area contributed by atoms with Crippen molar-refractivity contribution in [2.75, 3.05) is 31.6 Å². The smallest absolute Gasteiger partial charge is 0.244 e. The minimum Gasteiger partial charge on any atom is -0.330 e. The third-order valence-electron chi connectivity index (χ3n) is 3.34. The molecule has 4 nitrogen and oxygen atoms in total. The van der Waals surface area contributed by atoms with Crippen molar-refractivity contribution in [2.45, 2.75) is 12.5 Å². The van der Waals surface area contributed by atoms with Gasteiger partial charge in [0.05, 0.1) is 11.7 Å². The predicted molar refractivity (Wildman–Crippen MR) is 76.6 cm³/mol. The Hall–Kier alpha value is -0.910. The number of para-hydroxylation sites is 1. The average Bonchev–Trinajstić information content (AvgIpc) is 2.36. The van der Waals surface area contributed by atoms with E-state index in [2.05, 4.69) is 20.8 Å². The fraction of sp³-hybridized carbons (Fsp3) is 0.462. The van der Waals surface area contributed by atoms with Gasteiger partial charge in [0.25, 0.3) is 0 Å². The highest BCUT2D eigenvalue weighted by Gasteiger charge is 2.33. The molecule has 2 N–H and O–H groups in total. The number of anilines is 1. The first-order valence-corrected chi connectivity index (χ1v) is 6.90. The molecule has 1 aromatic rings. The van der Waals surface area contributed by atoms with Gasteiger partial charge in [-0.3, -0.25) is 9.69 Å². The average molecular weight is 312 g/mol. The molecule has 2 rings (SSSR count). The van der Waals surface area contributed by atoms with E-state index in [-0.39, 0.29) is 11.9 Å². The maximum atomic E-state index is 12.5. The SMILES string of the molecule is CN1CCN(c2ccccc2Br)C(=O)C1CCN. The summed E-state index contributed by atoms with van der Waals surface area (Å²) in [5, 5.41) is 0. The number of piperazine rings is 1. The van der Waals surface area contributed by atoms with Crippen LogP contribution in [-0.2, 0) is 4.79 Å². The van der Waals surface area contributed by atoms with E-state index >= 15 is 0 Å². The maximum Gasteiger partial charge on any atom is 0.244 e. The molecule has 1 aromatic carbocycles. The van der Waals surface area contributed by atoms with Gasteiger partial charge in [-0.15, -0.1) is 0 Å². The fourth-order valence-corrected chi connectivity index (χ4v) is 2.80. The molecule has 0 spiro atoms. The van der Waals surface area contributed by atoms with Gasteiger partial charge in [-0.2, -0.15) is 0 Å². The number of halogens is 1. The number of hydrogen-bond donors (Lipinski definition) is 1. The van der Waals surface area contributed by atoms with Gasteiger partial charge in [0, 0.05) is 17.6 Å². The second-order valence-corrected chi connectivity index (χ2v) is 5.37. The Kier molecular flexibility index (Phi) is 4.37. The van der Waals surface area contributed by atoms with E-state index in [0.29, 0.717) is 13.0 Å². The number of likely N-dealkylation sites (N-methyl/N-ethyl adjacent to an activating group) is 1. The van der Waals surface area contributed by atoms with Crippen LogP contribution in [0.3, 0.4) is 0 Å². The molecule has 0 saturated carbocycles. The van der Waals surface area contributed by atoms with E-state index in [0.717, 1.165) is 23.2 Å². The van der Waals surface area contributed by atoms with E-state index in [1.165, 1.54) is 0 Å². The van der Waals surface area contributed by atoms with Crippen molar-refractivity contribution in [2.24, 2.45) is 5.73 Å². The second kappa shape index (κ2) is 5.82. The lowest BCUT2D eigenvalue weighted by Gasteiger charge is -2.38. The van der Waals surface area contributed by atoms with Crippen molar-refractivity contribution < 1.29 is 4.79 Å². The van der Waals surface area contributed by atoms with E-state index in [1.807, 2.05) is 36.2 Å². The zero-order valence-corrected chi connectivity index (χ0v) is 12.1. The Morgan fingerprint density at radius 1 is 1.39 bits per heavy atom. The van der Waals surface area contributed by atoms with Gasteiger partial charge < -0.3 is 10.6 Å². The molecule has 18 heavy (non-hydrogen) atoms. The molecule has 1 aliphatic rings. The number of amides is 1. The summed E-state index contributed by atoms with van der Waals surface area (Å²) in [6, 6.07) is 7.72. The quantitative estimate of drug-likeness (QED) is 0.919. The van der Waals surface area contributed by atoms with Gasteiger partial charge in [0.2, 0.25) is 5.91 Å². The minimum atomic E-state index is -0.101. The highest BCUT2D eigenvalue weighted by atomic mass is 79.9. The van der Waals surface area contributed by atoms with Crippen LogP contribution in [-0.4, -0.2) is 43.5 Å². The molecule has 1 unspecified atom stereocenters. The van der Waals surface area contributed by atoms with Gasteiger partial charge >= 0.3 is 0 Å². The highest BCUT2D eigenvalue weighted by Crippen LogP contribution is 2.28. The molecule has 1 fully saturated rings. The molecular formula is C13H18BrN3O. The molecule has 1 atom stereocenters. The van der Waals surface area contributed by atoms with Crippen LogP contribution >= 0.6 is 15.9 Å². The van der Waals surface area contributed by atoms with Crippen LogP contribution in [0.25, 0.3) is 0 Å². The lowest BCUT2D eigenvalue weighted by molar-refractivity contribution is -0.125. The molecule has 98 valence electrons. The number of carbonyl (C=O) groups is 1. The number of benzene rings is 1. The minimum absolute atomic E-state index is 0.101. The summed E-state index contributed by atoms with van der Waals surface area (Å²) in [5.41, 5.74) is 6.53. The number of hydrogen-bond acceptors (Lipinski definition) is 3. The standard InChI is InChI=1S/C13H18BrN3O/c1-16-8-9-17(13(18)12(16)6-7-15)11-5-3-2-4-10(11)14/h2-5,12H,6-9,15H2,1H3. The van der Waals surface area contributed by atoms with Crippen LogP contribution in [0, 0.1) is 0 Å². The van der Waals surface area contributed by atoms with Crippen molar-refractivity contribution in [3.63, 3.8) is 0 Å². The zero-order valence-electron chi connectivity index (χ0n) is 10.5. The number of nitrogens with two attached hydrogens (primary N) is 1. The maximum absolute atomic E-state index is 12.5. The topological polar surface area (TPSA) is 49.6 Å². The monoisotopic (exact) mass is 311 g/mol. The fourth-order valence-electron chi connectivity index (χ4n) is 2.30. The summed E-state index contributed by atoms with van der Waals surface area (Å²) < 4.78 is 0.953. The molecule has 5 heteroatoms. The van der Waals surface area contributed by atoms with Gasteiger partial charge in [0.1, 0.15) is 0 Å². The summed E-state index contributed by atoms with van der Waals surface area (Å²) in [6.45, 7) is 2.13. The van der Waals surface area contributed by atoms with Crippen LogP contribution in [0.2, 0.25) is 0 Å². The predicted octanol–water partition coefficient (Wildman–Crippen LogP) is 1.44. The Bertz CT molecular complexity index is 438. The summed E-state index contributed by atoms with van der Waals surface area (Å²) in [5.74, 6) is 0.140. The van der Waals surface area contributed by atoms with Crippen molar-refractivity contribution in [1.29, 1.82) is 0 Å². The molecular weight excluding hydrogens is 294 g/mol. The normalized spacial score (nSPS) is 21.4. The third-order valence-corrected chi connectivity index (χ3v) is 4.01. The van der Waals surface area contributed by atoms with Crippen molar-refractivity contribution in [1.82, 2.24) is 4.90 Å². The van der Waals surface area contributed by atoms with E-state index in [4.69, 9.17) is 5.73 Å². The van der Waals surface area contributed by atoms with Gasteiger partial charge in [-0.1, -0.05) is 12.1 Å². The summed E-state index contributed by atoms with van der Waals surface area (Å²) in [6.07, 6.45) is 0.705. The van der Waals surface area contributed by atoms with E-state index < -0.39 is 0 Å². The lowest BCUT2D eigenvalue weighted by Crippen LogP contribution is -2.56. The molecule has 0 aliphatic carbocycles. The molecule has 1 heterocycles. The summed E-state index contributed by atoms with van der Waals surface area (Å²) in [4.78, 5) is 16.4. The molecule has 1 saturated heterocycles. The van der Waals surface area contributed by atoms with Crippen molar-refractivity contribution in [3.8, 4) is 0 Å². The van der Waals surface area contributed by atoms with Crippen LogP contribution in [0.15, 0.2) is 28.7 Å². The largest absolute Gasteiger partial charge is 0.330 e. The summed E-state index contributed by atoms with van der Waals surface area (Å²) >= 11 is 3.50. The molecule has 0 aromatic heterocycles. The van der Waals surface area contributed by atoms with Crippen molar-refractivity contribution >= 4 is 27.5 Å². The highest BCUT2D eigenvalue weighted by molar-refractivity contribution is 9.10. The van der Waals surface area contributed by atoms with Crippen molar-refractivity contribution in [3.05, 3.63) is 28.7 Å². The van der Waals surface area contributed by atoms with Gasteiger partial charge in [0.15, 0.2) is 0 Å². The van der Waals surface area contributed by atoms with Crippen LogP contribution in [0.4, 0.5) is 5.69 Å². The molecule has 0 bridgehead atoms. The first-order chi connectivity index (χ1) is 8.65. The molecule has 1 aliphatic heterocycles. The Labute approximate surface area is 116 Å². The Balaban J connectivity index is 2.25. The van der Waals surface area contributed by atoms with Gasteiger partial charge in [-0.05, 0) is 48.1 Å². The number of nitrogens with zero attached hydrogens (tertiary/aromatic N) is 2. The first-order valence-electron chi connectivity index (χ1n) is 6.11. The lowest BCUT2D eigenvalue weighted by atomic mass is 10.1. The van der Waals surface area contributed by atoms with E-state index in [1.54, 1.807) is 0 Å². The molecule has 1 amide bonds. The van der Waals surface area contributed by atoms with E-state index in [9.17, 15) is 4.79 Å². The zero-order chi connectivity index (χ0) is 13.1. The summed E-state index contributed by atoms with van der Waals surface area (Å²) in [7, 11) is 1.98. The Morgan fingerprint density at radius 2 is 2.11 bits per heavy atom. The van der Waals surface area contributed by atoms with Crippen LogP contribution in [0.5, 0.6) is 0 Å². The number of carbonyl (C=O) groups excluding carboxylic acids is 1. The second-order valence-electron chi connectivity index (χ2n) is 4.52. The molecule has 0 radical (unpaired) electrons. The number of rotatable bonds is 3. The Morgan fingerprint density at radius 3 is 2.78 bits per heavy atom. The third kappa shape index (κ3) is 2.58.